The number of rotatable bonds is 3. The number of hydrogen-bond acceptors (Lipinski definition) is 0. The zero-order valence-corrected chi connectivity index (χ0v) is 6.35. The van der Waals surface area contributed by atoms with Crippen LogP contribution in [0.2, 0.25) is 0 Å². The maximum absolute atomic E-state index is 7.75. The summed E-state index contributed by atoms with van der Waals surface area (Å²) in [4.78, 5) is 0. The molecule has 0 N–H and O–H groups in total. The van der Waals surface area contributed by atoms with E-state index in [0.717, 1.165) is 17.3 Å². The molecule has 0 unspecified atom stereocenters. The first-order chi connectivity index (χ1) is 3.68. The summed E-state index contributed by atoms with van der Waals surface area (Å²) in [6.07, 6.45) is 0. The average molecular weight is 121 g/mol. The highest BCUT2D eigenvalue weighted by Gasteiger charge is 1.89. The molecule has 0 bridgehead atoms. The molecule has 0 aromatic heterocycles. The van der Waals surface area contributed by atoms with Gasteiger partial charge in [0.2, 0.25) is 0 Å². The fraction of sp³-hybridized carbons (Fsp3) is 1.00. The number of hydrogen-bond donors (Lipinski definition) is 1. The van der Waals surface area contributed by atoms with Crippen molar-refractivity contribution in [2.45, 2.75) is 20.8 Å². The summed E-state index contributed by atoms with van der Waals surface area (Å²) in [6, 6.07) is 0. The van der Waals surface area contributed by atoms with Gasteiger partial charge in [0.15, 0.2) is 0 Å². The van der Waals surface area contributed by atoms with Crippen LogP contribution in [-0.2, 0) is 0 Å². The van der Waals surface area contributed by atoms with E-state index in [2.05, 4.69) is 20.8 Å². The van der Waals surface area contributed by atoms with E-state index in [1.165, 1.54) is 0 Å². The van der Waals surface area contributed by atoms with Crippen LogP contribution in [0.4, 0.5) is 0 Å². The van der Waals surface area contributed by atoms with Gasteiger partial charge in [-0.05, 0) is 17.3 Å². The molecule has 0 aliphatic carbocycles. The molecule has 0 fully saturated rings. The Kier molecular flexibility index (Phi) is 3.53. The van der Waals surface area contributed by atoms with Crippen molar-refractivity contribution in [1.82, 2.24) is 0 Å². The van der Waals surface area contributed by atoms with Gasteiger partial charge in [0.1, 0.15) is 0 Å². The van der Waals surface area contributed by atoms with Crippen LogP contribution in [0, 0.1) is 0 Å². The van der Waals surface area contributed by atoms with E-state index in [-0.39, 0.29) is 0 Å². The Balaban J connectivity index is 3.58. The van der Waals surface area contributed by atoms with Crippen molar-refractivity contribution in [3.63, 3.8) is 0 Å². The summed E-state index contributed by atoms with van der Waals surface area (Å²) >= 11 is 0. The van der Waals surface area contributed by atoms with Gasteiger partial charge in [0, 0.05) is 0 Å². The van der Waals surface area contributed by atoms with Crippen molar-refractivity contribution in [2.75, 3.05) is 17.3 Å². The third kappa shape index (κ3) is 2.98. The molecule has 0 radical (unpaired) electrons. The van der Waals surface area contributed by atoms with Gasteiger partial charge >= 0.3 is 0 Å². The Bertz CT molecular complexity index is 51.3. The molecule has 0 nitrogen and oxygen atoms in total. The molecular weight excluding hydrogens is 104 g/mol. The molecule has 0 aromatic carbocycles. The lowest BCUT2D eigenvalue weighted by Gasteiger charge is -2.12. The van der Waals surface area contributed by atoms with Crippen LogP contribution in [-0.4, -0.2) is 18.4 Å². The first-order valence-corrected chi connectivity index (χ1v) is 4.72. The quantitative estimate of drug-likeness (QED) is 0.543. The van der Waals surface area contributed by atoms with Crippen LogP contribution in [0.25, 0.3) is 0 Å². The zero-order valence-electron chi connectivity index (χ0n) is 6.53. The lowest BCUT2D eigenvalue weighted by molar-refractivity contribution is 1.38. The fourth-order valence-corrected chi connectivity index (χ4v) is 1.84. The van der Waals surface area contributed by atoms with Crippen LogP contribution in [0.1, 0.15) is 20.8 Å². The molecule has 1 heteroatoms. The van der Waals surface area contributed by atoms with E-state index in [4.69, 9.17) is 1.12 Å². The van der Waals surface area contributed by atoms with Gasteiger partial charge in [-0.1, -0.05) is 20.8 Å². The summed E-state index contributed by atoms with van der Waals surface area (Å²) in [5, 5.41) is 0. The maximum atomic E-state index is 7.75. The summed E-state index contributed by atoms with van der Waals surface area (Å²) in [7, 11) is -0.903. The molecule has 46 valence electrons. The molecule has 0 rings (SSSR count). The standard InChI is InChI=1S/C6H16S/c1-4-7(5-2)6-3/h7H,4-6H2,1-3H3/i7D. The van der Waals surface area contributed by atoms with Gasteiger partial charge in [-0.25, -0.2) is 0 Å². The SMILES string of the molecule is [2H]S(CC)(CC)CC. The van der Waals surface area contributed by atoms with Crippen LogP contribution in [0.3, 0.4) is 0 Å². The van der Waals surface area contributed by atoms with E-state index in [0.29, 0.717) is 0 Å². The third-order valence-corrected chi connectivity index (χ3v) is 3.67. The minimum atomic E-state index is -0.903. The molecule has 0 spiro atoms. The second kappa shape index (κ2) is 4.51. The molecular formula is C6H16S. The highest BCUT2D eigenvalue weighted by atomic mass is 32.2. The minimum absolute atomic E-state index is 0.903. The van der Waals surface area contributed by atoms with Crippen molar-refractivity contribution in [2.24, 2.45) is 0 Å². The van der Waals surface area contributed by atoms with Gasteiger partial charge in [0.05, 0.1) is 1.12 Å². The Morgan fingerprint density at radius 2 is 1.43 bits per heavy atom. The van der Waals surface area contributed by atoms with Gasteiger partial charge in [-0.2, -0.15) is 0 Å². The van der Waals surface area contributed by atoms with Gasteiger partial charge in [-0.3, -0.25) is 10.8 Å². The Hall–Kier alpha value is 0.350. The minimum Gasteiger partial charge on any atom is -0.254 e. The zero-order chi connectivity index (χ0) is 6.62. The molecule has 0 aliphatic heterocycles. The molecule has 0 aliphatic rings. The lowest BCUT2D eigenvalue weighted by atomic mass is 10.9. The summed E-state index contributed by atoms with van der Waals surface area (Å²) in [6.45, 7) is 6.36. The molecule has 0 aromatic rings. The smallest absolute Gasteiger partial charge is 0.0824 e. The second-order valence-electron chi connectivity index (χ2n) is 1.48. The molecule has 0 atom stereocenters. The summed E-state index contributed by atoms with van der Waals surface area (Å²) in [5.74, 6) is 3.21. The normalized spacial score (nSPS) is 16.1. The highest BCUT2D eigenvalue weighted by molar-refractivity contribution is 8.16. The summed E-state index contributed by atoms with van der Waals surface area (Å²) in [5.41, 5.74) is 0. The van der Waals surface area contributed by atoms with Crippen LogP contribution in [0.5, 0.6) is 0 Å². The van der Waals surface area contributed by atoms with E-state index < -0.39 is 10.8 Å². The average Bonchev–Trinajstić information content (AvgIpc) is 1.87. The van der Waals surface area contributed by atoms with Gasteiger partial charge in [-0.15, -0.1) is 0 Å². The molecule has 0 amide bonds. The highest BCUT2D eigenvalue weighted by Crippen LogP contribution is 2.21. The van der Waals surface area contributed by atoms with Crippen LogP contribution >= 0.6 is 10.8 Å². The topological polar surface area (TPSA) is 0 Å². The molecule has 0 heterocycles. The second-order valence-corrected chi connectivity index (χ2v) is 4.44. The van der Waals surface area contributed by atoms with Crippen molar-refractivity contribution >= 4 is 10.8 Å². The molecule has 0 saturated carbocycles. The van der Waals surface area contributed by atoms with Crippen LogP contribution < -0.4 is 0 Å². The number of thiol groups is 1. The van der Waals surface area contributed by atoms with Crippen molar-refractivity contribution in [3.8, 4) is 0 Å². The van der Waals surface area contributed by atoms with Crippen molar-refractivity contribution in [1.29, 1.82) is 1.12 Å². The van der Waals surface area contributed by atoms with Crippen molar-refractivity contribution in [3.05, 3.63) is 0 Å². The van der Waals surface area contributed by atoms with E-state index >= 15 is 0 Å². The van der Waals surface area contributed by atoms with E-state index in [9.17, 15) is 0 Å². The fourth-order valence-electron chi connectivity index (χ4n) is 0.612. The summed E-state index contributed by atoms with van der Waals surface area (Å²) < 4.78 is 7.75. The van der Waals surface area contributed by atoms with E-state index in [1.807, 2.05) is 0 Å². The molecule has 7 heavy (non-hydrogen) atoms. The van der Waals surface area contributed by atoms with Gasteiger partial charge in [0.25, 0.3) is 0 Å². The predicted molar refractivity (Wildman–Crippen MR) is 40.6 cm³/mol. The maximum Gasteiger partial charge on any atom is 0.0824 e. The first kappa shape index (κ1) is 5.49. The Labute approximate surface area is 50.7 Å². The van der Waals surface area contributed by atoms with E-state index in [1.54, 1.807) is 0 Å². The Morgan fingerprint density at radius 1 is 1.14 bits per heavy atom. The van der Waals surface area contributed by atoms with Crippen molar-refractivity contribution < 1.29 is 0 Å². The van der Waals surface area contributed by atoms with Gasteiger partial charge < -0.3 is 0 Å². The largest absolute Gasteiger partial charge is 0.254 e. The molecule has 0 saturated heterocycles. The monoisotopic (exact) mass is 121 g/mol. The first-order valence-electron chi connectivity index (χ1n) is 3.40. The third-order valence-electron chi connectivity index (χ3n) is 1.22. The predicted octanol–water partition coefficient (Wildman–Crippen LogP) is 2.05. The lowest BCUT2D eigenvalue weighted by Crippen LogP contribution is -1.88. The van der Waals surface area contributed by atoms with Crippen LogP contribution in [0.15, 0.2) is 0 Å². The Morgan fingerprint density at radius 3 is 1.43 bits per heavy atom.